The van der Waals surface area contributed by atoms with Crippen molar-refractivity contribution in [3.05, 3.63) is 53.4 Å². The van der Waals surface area contributed by atoms with Crippen molar-refractivity contribution in [1.82, 2.24) is 24.8 Å². The van der Waals surface area contributed by atoms with E-state index >= 15 is 0 Å². The van der Waals surface area contributed by atoms with E-state index in [1.165, 1.54) is 11.1 Å². The van der Waals surface area contributed by atoms with E-state index in [-0.39, 0.29) is 0 Å². The van der Waals surface area contributed by atoms with Gasteiger partial charge in [0.25, 0.3) is 0 Å². The first kappa shape index (κ1) is 15.5. The minimum atomic E-state index is 0.765. The molecule has 1 aliphatic rings. The number of nitrogens with zero attached hydrogens (tertiary/aromatic N) is 7. The first-order chi connectivity index (χ1) is 12.8. The molecule has 4 aromatic rings. The molecule has 0 unspecified atom stereocenters. The number of piperazine rings is 1. The lowest BCUT2D eigenvalue weighted by Crippen LogP contribution is -2.47. The van der Waals surface area contributed by atoms with E-state index in [2.05, 4.69) is 64.2 Å². The summed E-state index contributed by atoms with van der Waals surface area (Å²) in [5.41, 5.74) is 3.02. The molecule has 1 aromatic carbocycles. The highest BCUT2D eigenvalue weighted by Gasteiger charge is 2.20. The molecule has 0 spiro atoms. The molecular formula is C18H16BrN7. The third-order valence-corrected chi connectivity index (χ3v) is 5.27. The van der Waals surface area contributed by atoms with Crippen LogP contribution >= 0.6 is 15.9 Å². The molecule has 0 N–H and O–H groups in total. The fraction of sp³-hybridized carbons (Fsp3) is 0.222. The highest BCUT2D eigenvalue weighted by atomic mass is 79.9. The molecule has 7 nitrogen and oxygen atoms in total. The third kappa shape index (κ3) is 2.66. The second-order valence-electron chi connectivity index (χ2n) is 6.29. The van der Waals surface area contributed by atoms with Crippen molar-refractivity contribution >= 4 is 44.0 Å². The van der Waals surface area contributed by atoms with E-state index in [0.29, 0.717) is 0 Å². The van der Waals surface area contributed by atoms with Gasteiger partial charge in [-0.05, 0) is 36.4 Å². The minimum absolute atomic E-state index is 0.765. The summed E-state index contributed by atoms with van der Waals surface area (Å²) in [6.07, 6.45) is 3.52. The molecule has 0 saturated carbocycles. The van der Waals surface area contributed by atoms with Gasteiger partial charge in [0.05, 0.1) is 5.52 Å². The van der Waals surface area contributed by atoms with Crippen LogP contribution in [0.2, 0.25) is 0 Å². The van der Waals surface area contributed by atoms with Crippen LogP contribution in [-0.2, 0) is 0 Å². The summed E-state index contributed by atoms with van der Waals surface area (Å²) in [5.74, 6) is 0.958. The summed E-state index contributed by atoms with van der Waals surface area (Å²) >= 11 is 3.57. The molecule has 1 saturated heterocycles. The average molecular weight is 410 g/mol. The number of hydrogen-bond acceptors (Lipinski definition) is 6. The maximum absolute atomic E-state index is 4.60. The average Bonchev–Trinajstić information content (AvgIpc) is 3.15. The summed E-state index contributed by atoms with van der Waals surface area (Å²) < 4.78 is 2.79. The lowest BCUT2D eigenvalue weighted by molar-refractivity contribution is 0.643. The zero-order chi connectivity index (χ0) is 17.5. The van der Waals surface area contributed by atoms with Crippen LogP contribution in [0.25, 0.3) is 16.6 Å². The van der Waals surface area contributed by atoms with Crippen LogP contribution in [0.5, 0.6) is 0 Å². The van der Waals surface area contributed by atoms with Gasteiger partial charge in [0.15, 0.2) is 5.65 Å². The fourth-order valence-corrected chi connectivity index (χ4v) is 3.80. The second-order valence-corrected chi connectivity index (χ2v) is 7.21. The van der Waals surface area contributed by atoms with Gasteiger partial charge in [-0.2, -0.15) is 4.52 Å². The smallest absolute Gasteiger partial charge is 0.177 e. The second kappa shape index (κ2) is 6.21. The Morgan fingerprint density at radius 1 is 0.923 bits per heavy atom. The summed E-state index contributed by atoms with van der Waals surface area (Å²) in [6.45, 7) is 3.71. The number of fused-ring (bicyclic) bond motifs is 2. The predicted octanol–water partition coefficient (Wildman–Crippen LogP) is 2.76. The highest BCUT2D eigenvalue weighted by Crippen LogP contribution is 2.29. The molecule has 130 valence electrons. The number of pyridine rings is 1. The molecule has 1 fully saturated rings. The quantitative estimate of drug-likeness (QED) is 0.507. The first-order valence-electron chi connectivity index (χ1n) is 8.49. The van der Waals surface area contributed by atoms with Crippen LogP contribution in [0.15, 0.2) is 53.4 Å². The first-order valence-corrected chi connectivity index (χ1v) is 9.28. The van der Waals surface area contributed by atoms with Crippen molar-refractivity contribution in [1.29, 1.82) is 0 Å². The Hall–Kier alpha value is -2.74. The number of aromatic nitrogens is 5. The molecule has 3 aromatic heterocycles. The van der Waals surface area contributed by atoms with Crippen molar-refractivity contribution in [3.63, 3.8) is 0 Å². The summed E-state index contributed by atoms with van der Waals surface area (Å²) in [4.78, 5) is 9.20. The molecule has 0 aliphatic carbocycles. The molecule has 0 bridgehead atoms. The molecular weight excluding hydrogens is 394 g/mol. The lowest BCUT2D eigenvalue weighted by atomic mass is 10.1. The van der Waals surface area contributed by atoms with Crippen LogP contribution in [-0.4, -0.2) is 51.0 Å². The van der Waals surface area contributed by atoms with Crippen molar-refractivity contribution in [2.24, 2.45) is 0 Å². The van der Waals surface area contributed by atoms with Gasteiger partial charge in [0, 0.05) is 47.9 Å². The van der Waals surface area contributed by atoms with E-state index < -0.39 is 0 Å². The predicted molar refractivity (Wildman–Crippen MR) is 105 cm³/mol. The van der Waals surface area contributed by atoms with Crippen molar-refractivity contribution in [3.8, 4) is 0 Å². The van der Waals surface area contributed by atoms with Crippen molar-refractivity contribution < 1.29 is 0 Å². The maximum Gasteiger partial charge on any atom is 0.177 e. The van der Waals surface area contributed by atoms with Gasteiger partial charge in [0.2, 0.25) is 0 Å². The lowest BCUT2D eigenvalue weighted by Gasteiger charge is -2.37. The van der Waals surface area contributed by atoms with Crippen molar-refractivity contribution in [2.75, 3.05) is 36.0 Å². The van der Waals surface area contributed by atoms with Gasteiger partial charge in [-0.25, -0.2) is 0 Å². The Morgan fingerprint density at radius 3 is 2.65 bits per heavy atom. The van der Waals surface area contributed by atoms with Crippen LogP contribution < -0.4 is 9.80 Å². The number of halogens is 1. The van der Waals surface area contributed by atoms with E-state index in [1.807, 2.05) is 24.4 Å². The van der Waals surface area contributed by atoms with Gasteiger partial charge in [0.1, 0.15) is 12.1 Å². The van der Waals surface area contributed by atoms with Crippen molar-refractivity contribution in [2.45, 2.75) is 0 Å². The largest absolute Gasteiger partial charge is 0.367 e. The molecule has 26 heavy (non-hydrogen) atoms. The molecule has 0 atom stereocenters. The standard InChI is InChI=1S/C18H16BrN7/c19-13-1-2-15-14(11-13)16(5-6-20-15)24-7-9-25(10-8-24)18-4-3-17-22-21-12-26(17)23-18/h1-6,11-12H,7-10H2. The van der Waals surface area contributed by atoms with Crippen LogP contribution in [0.3, 0.4) is 0 Å². The Morgan fingerprint density at radius 2 is 1.77 bits per heavy atom. The zero-order valence-electron chi connectivity index (χ0n) is 14.0. The number of hydrogen-bond donors (Lipinski definition) is 0. The highest BCUT2D eigenvalue weighted by molar-refractivity contribution is 9.10. The molecule has 0 radical (unpaired) electrons. The molecule has 5 rings (SSSR count). The summed E-state index contributed by atoms with van der Waals surface area (Å²) in [7, 11) is 0. The van der Waals surface area contributed by atoms with E-state index in [0.717, 1.165) is 47.6 Å². The number of anilines is 2. The Balaban J connectivity index is 1.39. The minimum Gasteiger partial charge on any atom is -0.367 e. The van der Waals surface area contributed by atoms with Gasteiger partial charge in [-0.1, -0.05) is 15.9 Å². The van der Waals surface area contributed by atoms with Crippen LogP contribution in [0.4, 0.5) is 11.5 Å². The normalized spacial score (nSPS) is 15.1. The number of benzene rings is 1. The van der Waals surface area contributed by atoms with Gasteiger partial charge >= 0.3 is 0 Å². The molecule has 8 heteroatoms. The Kier molecular flexibility index (Phi) is 3.70. The Labute approximate surface area is 158 Å². The Bertz CT molecular complexity index is 1090. The van der Waals surface area contributed by atoms with E-state index in [1.54, 1.807) is 10.8 Å². The van der Waals surface area contributed by atoms with Gasteiger partial charge < -0.3 is 9.80 Å². The van der Waals surface area contributed by atoms with Gasteiger partial charge in [-0.15, -0.1) is 15.3 Å². The third-order valence-electron chi connectivity index (χ3n) is 4.77. The zero-order valence-corrected chi connectivity index (χ0v) is 15.5. The molecule has 1 aliphatic heterocycles. The topological polar surface area (TPSA) is 62.5 Å². The van der Waals surface area contributed by atoms with Crippen LogP contribution in [0, 0.1) is 0 Å². The van der Waals surface area contributed by atoms with E-state index in [4.69, 9.17) is 0 Å². The number of rotatable bonds is 2. The van der Waals surface area contributed by atoms with Gasteiger partial charge in [-0.3, -0.25) is 4.98 Å². The SMILES string of the molecule is Brc1ccc2nccc(N3CCN(c4ccc5nncn5n4)CC3)c2c1. The fourth-order valence-electron chi connectivity index (χ4n) is 3.44. The molecule has 4 heterocycles. The van der Waals surface area contributed by atoms with E-state index in [9.17, 15) is 0 Å². The molecule has 0 amide bonds. The maximum atomic E-state index is 4.60. The summed E-state index contributed by atoms with van der Waals surface area (Å²) in [6, 6.07) is 12.3. The monoisotopic (exact) mass is 409 g/mol. The van der Waals surface area contributed by atoms with Crippen LogP contribution in [0.1, 0.15) is 0 Å². The summed E-state index contributed by atoms with van der Waals surface area (Å²) in [5, 5.41) is 13.7.